The average molecular weight is 828 g/mol. The molecule has 0 radical (unpaired) electrons. The number of benzene rings is 11. The van der Waals surface area contributed by atoms with Gasteiger partial charge in [-0.15, -0.1) is 0 Å². The van der Waals surface area contributed by atoms with Crippen LogP contribution in [-0.2, 0) is 5.41 Å². The van der Waals surface area contributed by atoms with Crippen molar-refractivity contribution in [1.82, 2.24) is 0 Å². The van der Waals surface area contributed by atoms with Gasteiger partial charge < -0.3 is 9.32 Å². The molecule has 2 heteroatoms. The molecule has 0 unspecified atom stereocenters. The lowest BCUT2D eigenvalue weighted by Crippen LogP contribution is -2.28. The molecule has 0 saturated carbocycles. The van der Waals surface area contributed by atoms with Gasteiger partial charge in [0.05, 0.1) is 5.41 Å². The van der Waals surface area contributed by atoms with Crippen LogP contribution in [0.2, 0.25) is 0 Å². The second-order valence-electron chi connectivity index (χ2n) is 17.2. The second kappa shape index (κ2) is 14.8. The largest absolute Gasteiger partial charge is 0.456 e. The highest BCUT2D eigenvalue weighted by Gasteiger charge is 2.46. The maximum atomic E-state index is 6.31. The summed E-state index contributed by atoms with van der Waals surface area (Å²) in [4.78, 5) is 2.42. The van der Waals surface area contributed by atoms with Gasteiger partial charge in [-0.2, -0.15) is 0 Å². The van der Waals surface area contributed by atoms with E-state index in [2.05, 4.69) is 254 Å². The van der Waals surface area contributed by atoms with Crippen molar-refractivity contribution in [1.29, 1.82) is 0 Å². The number of rotatable bonds is 7. The number of furan rings is 1. The summed E-state index contributed by atoms with van der Waals surface area (Å²) in [5, 5.41) is 7.17. The van der Waals surface area contributed by atoms with Crippen LogP contribution in [0.4, 0.5) is 17.1 Å². The molecule has 1 aliphatic rings. The van der Waals surface area contributed by atoms with E-state index in [1.165, 1.54) is 77.0 Å². The molecular formula is C63H41NO. The topological polar surface area (TPSA) is 16.4 Å². The Kier molecular flexibility index (Phi) is 8.47. The smallest absolute Gasteiger partial charge is 0.136 e. The Bertz CT molecular complexity index is 3710. The third-order valence-electron chi connectivity index (χ3n) is 13.7. The van der Waals surface area contributed by atoms with E-state index in [4.69, 9.17) is 4.42 Å². The molecule has 1 aromatic heterocycles. The first-order chi connectivity index (χ1) is 32.2. The van der Waals surface area contributed by atoms with Gasteiger partial charge in [0, 0.05) is 27.8 Å². The minimum Gasteiger partial charge on any atom is -0.456 e. The maximum absolute atomic E-state index is 6.31. The van der Waals surface area contributed by atoms with Crippen molar-refractivity contribution in [2.45, 2.75) is 5.41 Å². The molecule has 13 rings (SSSR count). The van der Waals surface area contributed by atoms with Crippen LogP contribution in [0.5, 0.6) is 0 Å². The standard InChI is InChI=1S/C63H41NO/c1-3-16-49(17-4-1)63(50-18-5-2-6-19-50)58-22-12-11-21-55(58)56-36-35-53(41-59(56)63)64(52-34-29-42-13-7-8-15-47(42)39-52)51-32-27-44(28-33-51)43-23-25-45(26-24-43)48-31-37-60-57(40-48)62-54-20-10-9-14-46(54)30-38-61(62)65-60/h1-41H. The van der Waals surface area contributed by atoms with Crippen molar-refractivity contribution in [3.63, 3.8) is 0 Å². The van der Waals surface area contributed by atoms with Crippen LogP contribution < -0.4 is 4.90 Å². The molecule has 0 aliphatic heterocycles. The quantitative estimate of drug-likeness (QED) is 0.159. The first kappa shape index (κ1) is 37.1. The highest BCUT2D eigenvalue weighted by molar-refractivity contribution is 6.19. The van der Waals surface area contributed by atoms with E-state index in [0.717, 1.165) is 39.2 Å². The van der Waals surface area contributed by atoms with Crippen molar-refractivity contribution in [3.05, 3.63) is 271 Å². The van der Waals surface area contributed by atoms with Gasteiger partial charge >= 0.3 is 0 Å². The van der Waals surface area contributed by atoms with Crippen molar-refractivity contribution in [2.24, 2.45) is 0 Å². The van der Waals surface area contributed by atoms with E-state index in [9.17, 15) is 0 Å². The summed E-state index contributed by atoms with van der Waals surface area (Å²) in [6, 6.07) is 90.9. The van der Waals surface area contributed by atoms with Gasteiger partial charge in [0.2, 0.25) is 0 Å². The van der Waals surface area contributed by atoms with Crippen LogP contribution in [0, 0.1) is 0 Å². The van der Waals surface area contributed by atoms with Crippen molar-refractivity contribution >= 4 is 60.5 Å². The molecule has 0 saturated heterocycles. The lowest BCUT2D eigenvalue weighted by Gasteiger charge is -2.35. The first-order valence-electron chi connectivity index (χ1n) is 22.4. The molecule has 0 atom stereocenters. The number of anilines is 3. The van der Waals surface area contributed by atoms with Crippen LogP contribution in [-0.4, -0.2) is 0 Å². The fraction of sp³-hybridized carbons (Fsp3) is 0.0159. The van der Waals surface area contributed by atoms with Crippen molar-refractivity contribution < 1.29 is 4.42 Å². The molecule has 304 valence electrons. The zero-order valence-corrected chi connectivity index (χ0v) is 35.5. The van der Waals surface area contributed by atoms with Crippen LogP contribution in [0.15, 0.2) is 253 Å². The lowest BCUT2D eigenvalue weighted by molar-refractivity contribution is 0.669. The van der Waals surface area contributed by atoms with E-state index < -0.39 is 5.41 Å². The molecule has 1 aliphatic carbocycles. The van der Waals surface area contributed by atoms with E-state index in [-0.39, 0.29) is 0 Å². The Balaban J connectivity index is 0.909. The molecule has 11 aromatic carbocycles. The second-order valence-corrected chi connectivity index (χ2v) is 17.2. The summed E-state index contributed by atoms with van der Waals surface area (Å²) < 4.78 is 6.31. The minimum atomic E-state index is -0.498. The molecule has 0 spiro atoms. The fourth-order valence-corrected chi connectivity index (χ4v) is 10.7. The number of hydrogen-bond acceptors (Lipinski definition) is 2. The zero-order chi connectivity index (χ0) is 42.9. The van der Waals surface area contributed by atoms with Crippen LogP contribution in [0.25, 0.3) is 76.9 Å². The van der Waals surface area contributed by atoms with Gasteiger partial charge in [-0.3, -0.25) is 0 Å². The molecular weight excluding hydrogens is 787 g/mol. The monoisotopic (exact) mass is 827 g/mol. The fourth-order valence-electron chi connectivity index (χ4n) is 10.7. The summed E-state index contributed by atoms with van der Waals surface area (Å²) in [6.07, 6.45) is 0. The number of hydrogen-bond donors (Lipinski definition) is 0. The van der Waals surface area contributed by atoms with Gasteiger partial charge in [0.15, 0.2) is 0 Å². The van der Waals surface area contributed by atoms with Crippen molar-refractivity contribution in [3.8, 4) is 33.4 Å². The number of nitrogens with zero attached hydrogens (tertiary/aromatic N) is 1. The summed E-state index contributed by atoms with van der Waals surface area (Å²) in [6.45, 7) is 0. The predicted molar refractivity (Wildman–Crippen MR) is 272 cm³/mol. The minimum absolute atomic E-state index is 0.498. The van der Waals surface area contributed by atoms with Crippen LogP contribution >= 0.6 is 0 Å². The Hall–Kier alpha value is -8.46. The lowest BCUT2D eigenvalue weighted by atomic mass is 9.67. The highest BCUT2D eigenvalue weighted by atomic mass is 16.3. The molecule has 0 fully saturated rings. The van der Waals surface area contributed by atoms with Crippen LogP contribution in [0.3, 0.4) is 0 Å². The summed E-state index contributed by atoms with van der Waals surface area (Å²) in [5.41, 5.74) is 17.0. The van der Waals surface area contributed by atoms with Gasteiger partial charge in [0.25, 0.3) is 0 Å². The normalized spacial score (nSPS) is 12.7. The number of fused-ring (bicyclic) bond motifs is 9. The Labute approximate surface area is 377 Å². The molecule has 65 heavy (non-hydrogen) atoms. The SMILES string of the molecule is c1ccc(C2(c3ccccc3)c3ccccc3-c3ccc(N(c4ccc(-c5ccc(-c6ccc7oc8ccc9ccccc9c8c7c6)cc5)cc4)c4ccc5ccccc5c4)cc32)cc1. The third kappa shape index (κ3) is 5.88. The summed E-state index contributed by atoms with van der Waals surface area (Å²) in [7, 11) is 0. The predicted octanol–water partition coefficient (Wildman–Crippen LogP) is 17.1. The van der Waals surface area contributed by atoms with E-state index >= 15 is 0 Å². The highest BCUT2D eigenvalue weighted by Crippen LogP contribution is 2.57. The molecule has 0 bridgehead atoms. The summed E-state index contributed by atoms with van der Waals surface area (Å²) in [5.74, 6) is 0. The van der Waals surface area contributed by atoms with E-state index in [0.29, 0.717) is 0 Å². The average Bonchev–Trinajstić information content (AvgIpc) is 3.91. The van der Waals surface area contributed by atoms with Gasteiger partial charge in [-0.25, -0.2) is 0 Å². The third-order valence-corrected chi connectivity index (χ3v) is 13.7. The molecule has 1 heterocycles. The van der Waals surface area contributed by atoms with E-state index in [1.807, 2.05) is 0 Å². The molecule has 12 aromatic rings. The van der Waals surface area contributed by atoms with Gasteiger partial charge in [-0.05, 0) is 132 Å². The van der Waals surface area contributed by atoms with E-state index in [1.54, 1.807) is 0 Å². The molecule has 2 nitrogen and oxygen atoms in total. The zero-order valence-electron chi connectivity index (χ0n) is 35.5. The van der Waals surface area contributed by atoms with Crippen LogP contribution in [0.1, 0.15) is 22.3 Å². The Morgan fingerprint density at radius 3 is 1.58 bits per heavy atom. The van der Waals surface area contributed by atoms with Gasteiger partial charge in [-0.1, -0.05) is 194 Å². The van der Waals surface area contributed by atoms with Gasteiger partial charge in [0.1, 0.15) is 11.2 Å². The molecule has 0 N–H and O–H groups in total. The maximum Gasteiger partial charge on any atom is 0.136 e. The summed E-state index contributed by atoms with van der Waals surface area (Å²) >= 11 is 0. The Morgan fingerprint density at radius 2 is 0.831 bits per heavy atom. The Morgan fingerprint density at radius 1 is 0.308 bits per heavy atom. The first-order valence-corrected chi connectivity index (χ1v) is 22.4. The van der Waals surface area contributed by atoms with Crippen molar-refractivity contribution in [2.75, 3.05) is 4.90 Å². The molecule has 0 amide bonds.